The Hall–Kier alpha value is -3.88. The first-order valence-corrected chi connectivity index (χ1v) is 10.6. The van der Waals surface area contributed by atoms with Crippen molar-refractivity contribution in [3.8, 4) is 11.5 Å². The average molecular weight is 500 g/mol. The van der Waals surface area contributed by atoms with E-state index in [1.54, 1.807) is 48.5 Å². The molecule has 0 spiro atoms. The molecule has 0 bridgehead atoms. The molecule has 10 heteroatoms. The third-order valence-corrected chi connectivity index (χ3v) is 5.13. The molecular formula is C24H19Cl2N3O5. The molecule has 0 atom stereocenters. The lowest BCUT2D eigenvalue weighted by atomic mass is 10.2. The molecule has 0 radical (unpaired) electrons. The van der Waals surface area contributed by atoms with Gasteiger partial charge in [-0.05, 0) is 60.2 Å². The number of nitrogens with one attached hydrogen (secondary N) is 2. The van der Waals surface area contributed by atoms with Gasteiger partial charge in [0.1, 0.15) is 11.5 Å². The van der Waals surface area contributed by atoms with Crippen molar-refractivity contribution >= 4 is 47.2 Å². The summed E-state index contributed by atoms with van der Waals surface area (Å²) >= 11 is 11.7. The number of carbonyl (C=O) groups is 3. The van der Waals surface area contributed by atoms with Crippen LogP contribution < -0.4 is 20.2 Å². The van der Waals surface area contributed by atoms with Crippen molar-refractivity contribution in [1.82, 2.24) is 10.7 Å². The number of hydrazone groups is 1. The number of methoxy groups -OCH3 is 1. The molecule has 0 aliphatic heterocycles. The van der Waals surface area contributed by atoms with E-state index in [1.807, 2.05) is 0 Å². The summed E-state index contributed by atoms with van der Waals surface area (Å²) in [5, 5.41) is 6.86. The van der Waals surface area contributed by atoms with Crippen LogP contribution in [0.4, 0.5) is 0 Å². The van der Waals surface area contributed by atoms with E-state index in [1.165, 1.54) is 31.5 Å². The second-order valence-electron chi connectivity index (χ2n) is 6.80. The zero-order valence-corrected chi connectivity index (χ0v) is 19.4. The number of carbonyl (C=O) groups excluding carboxylic acids is 3. The van der Waals surface area contributed by atoms with E-state index >= 15 is 0 Å². The van der Waals surface area contributed by atoms with Crippen LogP contribution in [-0.4, -0.2) is 37.7 Å². The van der Waals surface area contributed by atoms with Crippen LogP contribution in [0.15, 0.2) is 71.8 Å². The van der Waals surface area contributed by atoms with E-state index in [9.17, 15) is 14.4 Å². The van der Waals surface area contributed by atoms with Crippen molar-refractivity contribution in [3.05, 3.63) is 93.5 Å². The highest BCUT2D eigenvalue weighted by Gasteiger charge is 2.10. The van der Waals surface area contributed by atoms with E-state index < -0.39 is 17.8 Å². The number of ether oxygens (including phenoxy) is 2. The molecule has 0 heterocycles. The Kier molecular flexibility index (Phi) is 8.61. The SMILES string of the molecule is COc1ccc(C(=O)Oc2cccc(/C=N/NC(=O)CNC(=O)c3ccc(Cl)c(Cl)c3)c2)cc1. The summed E-state index contributed by atoms with van der Waals surface area (Å²) in [5.41, 5.74) is 3.53. The Balaban J connectivity index is 1.49. The first-order chi connectivity index (χ1) is 16.4. The van der Waals surface area contributed by atoms with Gasteiger partial charge in [-0.2, -0.15) is 5.10 Å². The maximum atomic E-state index is 12.3. The standard InChI is InChI=1S/C24H19Cl2N3O5/c1-33-18-8-5-16(6-9-18)24(32)34-19-4-2-3-15(11-19)13-28-29-22(30)14-27-23(31)17-7-10-20(25)21(26)12-17/h2-13H,14H2,1H3,(H,27,31)(H,29,30)/b28-13+. The van der Waals surface area contributed by atoms with Gasteiger partial charge in [-0.15, -0.1) is 0 Å². The van der Waals surface area contributed by atoms with Crippen molar-refractivity contribution in [2.45, 2.75) is 0 Å². The molecule has 3 rings (SSSR count). The minimum absolute atomic E-state index is 0.236. The molecule has 3 aromatic carbocycles. The van der Waals surface area contributed by atoms with Crippen LogP contribution in [0.5, 0.6) is 11.5 Å². The summed E-state index contributed by atoms with van der Waals surface area (Å²) in [6.45, 7) is -0.296. The van der Waals surface area contributed by atoms with Crippen LogP contribution >= 0.6 is 23.2 Å². The van der Waals surface area contributed by atoms with Crippen LogP contribution in [-0.2, 0) is 4.79 Å². The number of amides is 2. The second-order valence-corrected chi connectivity index (χ2v) is 7.61. The van der Waals surface area contributed by atoms with Gasteiger partial charge < -0.3 is 14.8 Å². The lowest BCUT2D eigenvalue weighted by molar-refractivity contribution is -0.120. The zero-order valence-electron chi connectivity index (χ0n) is 17.9. The lowest BCUT2D eigenvalue weighted by Crippen LogP contribution is -2.34. The second kappa shape index (κ2) is 11.8. The topological polar surface area (TPSA) is 106 Å². The third kappa shape index (κ3) is 7.06. The number of esters is 1. The smallest absolute Gasteiger partial charge is 0.343 e. The normalized spacial score (nSPS) is 10.6. The minimum Gasteiger partial charge on any atom is -0.497 e. The molecule has 2 amide bonds. The molecule has 8 nitrogen and oxygen atoms in total. The maximum Gasteiger partial charge on any atom is 0.343 e. The first-order valence-electron chi connectivity index (χ1n) is 9.87. The number of rotatable bonds is 8. The lowest BCUT2D eigenvalue weighted by Gasteiger charge is -2.06. The molecule has 34 heavy (non-hydrogen) atoms. The highest BCUT2D eigenvalue weighted by molar-refractivity contribution is 6.42. The first kappa shape index (κ1) is 24.8. The maximum absolute atomic E-state index is 12.3. The predicted molar refractivity (Wildman–Crippen MR) is 129 cm³/mol. The number of halogens is 2. The highest BCUT2D eigenvalue weighted by atomic mass is 35.5. The van der Waals surface area contributed by atoms with Crippen molar-refractivity contribution in [2.75, 3.05) is 13.7 Å². The fourth-order valence-corrected chi connectivity index (χ4v) is 2.97. The van der Waals surface area contributed by atoms with Gasteiger partial charge in [0.05, 0.1) is 35.5 Å². The molecule has 174 valence electrons. The van der Waals surface area contributed by atoms with E-state index in [4.69, 9.17) is 32.7 Å². The summed E-state index contributed by atoms with van der Waals surface area (Å²) in [7, 11) is 1.54. The Morgan fingerprint density at radius 3 is 2.35 bits per heavy atom. The summed E-state index contributed by atoms with van der Waals surface area (Å²) in [4.78, 5) is 36.3. The predicted octanol–water partition coefficient (Wildman–Crippen LogP) is 4.10. The number of nitrogens with zero attached hydrogens (tertiary/aromatic N) is 1. The Labute approximate surface area is 205 Å². The summed E-state index contributed by atoms with van der Waals surface area (Å²) in [6, 6.07) is 17.5. The quantitative estimate of drug-likeness (QED) is 0.210. The molecule has 3 aromatic rings. The van der Waals surface area contributed by atoms with Crippen molar-refractivity contribution in [1.29, 1.82) is 0 Å². The largest absolute Gasteiger partial charge is 0.497 e. The molecule has 0 aliphatic rings. The Bertz CT molecular complexity index is 1230. The van der Waals surface area contributed by atoms with Crippen LogP contribution in [0.25, 0.3) is 0 Å². The van der Waals surface area contributed by atoms with Gasteiger partial charge in [0.15, 0.2) is 0 Å². The molecular weight excluding hydrogens is 481 g/mol. The zero-order chi connectivity index (χ0) is 24.5. The van der Waals surface area contributed by atoms with Gasteiger partial charge in [0, 0.05) is 5.56 Å². The van der Waals surface area contributed by atoms with E-state index in [0.29, 0.717) is 27.6 Å². The monoisotopic (exact) mass is 499 g/mol. The van der Waals surface area contributed by atoms with Gasteiger partial charge >= 0.3 is 5.97 Å². The van der Waals surface area contributed by atoms with Gasteiger partial charge in [-0.3, -0.25) is 9.59 Å². The van der Waals surface area contributed by atoms with Crippen LogP contribution in [0.1, 0.15) is 26.3 Å². The Morgan fingerprint density at radius 1 is 0.912 bits per heavy atom. The van der Waals surface area contributed by atoms with E-state index in [2.05, 4.69) is 15.8 Å². The molecule has 0 saturated carbocycles. The number of benzene rings is 3. The van der Waals surface area contributed by atoms with Crippen molar-refractivity contribution < 1.29 is 23.9 Å². The molecule has 2 N–H and O–H groups in total. The summed E-state index contributed by atoms with van der Waals surface area (Å²) in [5.74, 6) is -0.602. The third-order valence-electron chi connectivity index (χ3n) is 4.39. The molecule has 0 saturated heterocycles. The van der Waals surface area contributed by atoms with E-state index in [0.717, 1.165) is 0 Å². The Morgan fingerprint density at radius 2 is 1.65 bits per heavy atom. The molecule has 0 unspecified atom stereocenters. The number of hydrogen-bond donors (Lipinski definition) is 2. The van der Waals surface area contributed by atoms with Crippen LogP contribution in [0.3, 0.4) is 0 Å². The molecule has 0 aromatic heterocycles. The van der Waals surface area contributed by atoms with Crippen molar-refractivity contribution in [3.63, 3.8) is 0 Å². The highest BCUT2D eigenvalue weighted by Crippen LogP contribution is 2.22. The molecule has 0 fully saturated rings. The van der Waals surface area contributed by atoms with Gasteiger partial charge in [0.25, 0.3) is 11.8 Å². The summed E-state index contributed by atoms with van der Waals surface area (Å²) < 4.78 is 10.4. The van der Waals surface area contributed by atoms with E-state index in [-0.39, 0.29) is 17.1 Å². The van der Waals surface area contributed by atoms with Gasteiger partial charge in [-0.1, -0.05) is 35.3 Å². The number of hydrogen-bond acceptors (Lipinski definition) is 6. The average Bonchev–Trinajstić information content (AvgIpc) is 2.84. The van der Waals surface area contributed by atoms with Crippen LogP contribution in [0.2, 0.25) is 10.0 Å². The fraction of sp³-hybridized carbons (Fsp3) is 0.0833. The fourth-order valence-electron chi connectivity index (χ4n) is 2.67. The van der Waals surface area contributed by atoms with Crippen molar-refractivity contribution in [2.24, 2.45) is 5.10 Å². The van der Waals surface area contributed by atoms with Gasteiger partial charge in [-0.25, -0.2) is 10.2 Å². The molecule has 0 aliphatic carbocycles. The van der Waals surface area contributed by atoms with Gasteiger partial charge in [0.2, 0.25) is 0 Å². The summed E-state index contributed by atoms with van der Waals surface area (Å²) in [6.07, 6.45) is 1.38. The minimum atomic E-state index is -0.535. The van der Waals surface area contributed by atoms with Crippen LogP contribution in [0, 0.1) is 0 Å².